The minimum absolute atomic E-state index is 0.00710. The summed E-state index contributed by atoms with van der Waals surface area (Å²) in [5.41, 5.74) is 1.96. The molecule has 0 amide bonds. The zero-order valence-electron chi connectivity index (χ0n) is 9.53. The Morgan fingerprint density at radius 3 is 2.88 bits per heavy atom. The Balaban J connectivity index is 2.63. The van der Waals surface area contributed by atoms with Crippen LogP contribution in [0.15, 0.2) is 23.1 Å². The summed E-state index contributed by atoms with van der Waals surface area (Å²) in [5.74, 6) is 0.0566. The summed E-state index contributed by atoms with van der Waals surface area (Å²) in [6, 6.07) is 5.81. The molecule has 0 aliphatic rings. The molecule has 0 saturated heterocycles. The predicted molar refractivity (Wildman–Crippen MR) is 64.5 cm³/mol. The van der Waals surface area contributed by atoms with Crippen LogP contribution in [0.2, 0.25) is 0 Å². The van der Waals surface area contributed by atoms with Gasteiger partial charge in [0.1, 0.15) is 0 Å². The number of benzene rings is 1. The summed E-state index contributed by atoms with van der Waals surface area (Å²) in [7, 11) is 0. The van der Waals surface area contributed by atoms with E-state index < -0.39 is 0 Å². The maximum Gasteiger partial charge on any atom is 0.316 e. The van der Waals surface area contributed by atoms with Crippen molar-refractivity contribution in [2.45, 2.75) is 25.3 Å². The number of carbonyl (C=O) groups excluding carboxylic acids is 1. The Hall–Kier alpha value is -1.00. The third-order valence-corrected chi connectivity index (χ3v) is 3.13. The van der Waals surface area contributed by atoms with Crippen molar-refractivity contribution in [2.75, 3.05) is 12.4 Å². The highest BCUT2D eigenvalue weighted by Crippen LogP contribution is 2.24. The summed E-state index contributed by atoms with van der Waals surface area (Å²) in [6.07, 6.45) is 0. The Bertz CT molecular complexity index is 363. The highest BCUT2D eigenvalue weighted by atomic mass is 32.2. The third kappa shape index (κ3) is 3.87. The average Bonchev–Trinajstić information content (AvgIpc) is 2.27. The Kier molecular flexibility index (Phi) is 5.35. The molecular formula is C12H16O3S. The molecule has 88 valence electrons. The summed E-state index contributed by atoms with van der Waals surface area (Å²) in [4.78, 5) is 12.1. The number of hydrogen-bond donors (Lipinski definition) is 1. The van der Waals surface area contributed by atoms with Gasteiger partial charge in [0.15, 0.2) is 0 Å². The lowest BCUT2D eigenvalue weighted by Gasteiger charge is -2.07. The minimum atomic E-state index is -0.225. The zero-order valence-corrected chi connectivity index (χ0v) is 10.3. The first kappa shape index (κ1) is 13.1. The normalized spacial score (nSPS) is 10.2. The van der Waals surface area contributed by atoms with Gasteiger partial charge in [-0.3, -0.25) is 4.79 Å². The number of hydrogen-bond acceptors (Lipinski definition) is 4. The fraction of sp³-hybridized carbons (Fsp3) is 0.417. The van der Waals surface area contributed by atoms with Crippen molar-refractivity contribution in [3.8, 4) is 0 Å². The van der Waals surface area contributed by atoms with Gasteiger partial charge in [0, 0.05) is 4.90 Å². The van der Waals surface area contributed by atoms with Crippen molar-refractivity contribution < 1.29 is 14.6 Å². The van der Waals surface area contributed by atoms with E-state index in [4.69, 9.17) is 4.74 Å². The van der Waals surface area contributed by atoms with Crippen molar-refractivity contribution in [2.24, 2.45) is 0 Å². The maximum atomic E-state index is 11.2. The van der Waals surface area contributed by atoms with E-state index in [0.29, 0.717) is 6.61 Å². The highest BCUT2D eigenvalue weighted by Gasteiger charge is 2.06. The van der Waals surface area contributed by atoms with E-state index in [2.05, 4.69) is 0 Å². The molecule has 0 heterocycles. The number of aliphatic hydroxyl groups is 1. The number of carbonyl (C=O) groups is 1. The van der Waals surface area contributed by atoms with Gasteiger partial charge in [-0.2, -0.15) is 0 Å². The SMILES string of the molecule is CCOC(=O)CSc1ccc(C)cc1CO. The summed E-state index contributed by atoms with van der Waals surface area (Å²) in [6.45, 7) is 4.15. The smallest absolute Gasteiger partial charge is 0.316 e. The van der Waals surface area contributed by atoms with Crippen molar-refractivity contribution in [3.63, 3.8) is 0 Å². The van der Waals surface area contributed by atoms with Crippen molar-refractivity contribution >= 4 is 17.7 Å². The standard InChI is InChI=1S/C12H16O3S/c1-3-15-12(14)8-16-11-5-4-9(2)6-10(11)7-13/h4-6,13H,3,7-8H2,1-2H3. The quantitative estimate of drug-likeness (QED) is 0.632. The van der Waals surface area contributed by atoms with E-state index in [-0.39, 0.29) is 18.3 Å². The minimum Gasteiger partial charge on any atom is -0.465 e. The first-order chi connectivity index (χ1) is 7.67. The van der Waals surface area contributed by atoms with Crippen LogP contribution in [0.3, 0.4) is 0 Å². The fourth-order valence-electron chi connectivity index (χ4n) is 1.31. The van der Waals surface area contributed by atoms with E-state index in [9.17, 15) is 9.90 Å². The molecule has 0 aliphatic carbocycles. The molecule has 1 rings (SSSR count). The predicted octanol–water partition coefficient (Wildman–Crippen LogP) is 2.14. The second kappa shape index (κ2) is 6.55. The van der Waals surface area contributed by atoms with Gasteiger partial charge in [0.05, 0.1) is 19.0 Å². The van der Waals surface area contributed by atoms with Crippen LogP contribution in [0.4, 0.5) is 0 Å². The molecule has 4 heteroatoms. The van der Waals surface area contributed by atoms with Gasteiger partial charge in [-0.25, -0.2) is 0 Å². The molecule has 0 radical (unpaired) electrons. The zero-order chi connectivity index (χ0) is 12.0. The van der Waals surface area contributed by atoms with Crippen LogP contribution in [0.1, 0.15) is 18.1 Å². The summed E-state index contributed by atoms with van der Waals surface area (Å²) in [5, 5.41) is 9.18. The van der Waals surface area contributed by atoms with Gasteiger partial charge >= 0.3 is 5.97 Å². The monoisotopic (exact) mass is 240 g/mol. The van der Waals surface area contributed by atoms with E-state index in [1.54, 1.807) is 6.92 Å². The molecule has 1 aromatic rings. The number of esters is 1. The molecule has 0 unspecified atom stereocenters. The molecule has 1 aromatic carbocycles. The van der Waals surface area contributed by atoms with E-state index in [1.165, 1.54) is 11.8 Å². The molecule has 3 nitrogen and oxygen atoms in total. The Labute approximate surface area is 99.8 Å². The molecule has 1 N–H and O–H groups in total. The van der Waals surface area contributed by atoms with Gasteiger partial charge in [-0.15, -0.1) is 11.8 Å². The molecule has 0 aromatic heterocycles. The highest BCUT2D eigenvalue weighted by molar-refractivity contribution is 8.00. The largest absolute Gasteiger partial charge is 0.465 e. The molecular weight excluding hydrogens is 224 g/mol. The summed E-state index contributed by atoms with van der Waals surface area (Å²) >= 11 is 1.39. The summed E-state index contributed by atoms with van der Waals surface area (Å²) < 4.78 is 4.84. The van der Waals surface area contributed by atoms with Crippen molar-refractivity contribution in [1.29, 1.82) is 0 Å². The van der Waals surface area contributed by atoms with Crippen molar-refractivity contribution in [3.05, 3.63) is 29.3 Å². The van der Waals surface area contributed by atoms with Crippen molar-refractivity contribution in [1.82, 2.24) is 0 Å². The number of aliphatic hydroxyl groups excluding tert-OH is 1. The first-order valence-electron chi connectivity index (χ1n) is 5.16. The number of ether oxygens (including phenoxy) is 1. The Morgan fingerprint density at radius 2 is 2.25 bits per heavy atom. The molecule has 0 spiro atoms. The van der Waals surface area contributed by atoms with Crippen LogP contribution in [0.25, 0.3) is 0 Å². The molecule has 0 aliphatic heterocycles. The second-order valence-corrected chi connectivity index (χ2v) is 4.38. The van der Waals surface area contributed by atoms with Crippen LogP contribution in [-0.2, 0) is 16.1 Å². The molecule has 16 heavy (non-hydrogen) atoms. The number of rotatable bonds is 5. The number of aryl methyl sites for hydroxylation is 1. The fourth-order valence-corrected chi connectivity index (χ4v) is 2.14. The van der Waals surface area contributed by atoms with E-state index >= 15 is 0 Å². The average molecular weight is 240 g/mol. The van der Waals surface area contributed by atoms with Gasteiger partial charge in [0.25, 0.3) is 0 Å². The van der Waals surface area contributed by atoms with E-state index in [0.717, 1.165) is 16.0 Å². The lowest BCUT2D eigenvalue weighted by atomic mass is 10.1. The van der Waals surface area contributed by atoms with Gasteiger partial charge in [-0.1, -0.05) is 17.7 Å². The Morgan fingerprint density at radius 1 is 1.50 bits per heavy atom. The van der Waals surface area contributed by atoms with Gasteiger partial charge < -0.3 is 9.84 Å². The molecule has 0 saturated carbocycles. The molecule has 0 bridgehead atoms. The van der Waals surface area contributed by atoms with Gasteiger partial charge in [0.2, 0.25) is 0 Å². The van der Waals surface area contributed by atoms with Crippen LogP contribution in [0, 0.1) is 6.92 Å². The van der Waals surface area contributed by atoms with Gasteiger partial charge in [-0.05, 0) is 25.5 Å². The third-order valence-electron chi connectivity index (χ3n) is 2.04. The molecule has 0 fully saturated rings. The number of thioether (sulfide) groups is 1. The van der Waals surface area contributed by atoms with Crippen LogP contribution in [0.5, 0.6) is 0 Å². The van der Waals surface area contributed by atoms with E-state index in [1.807, 2.05) is 25.1 Å². The lowest BCUT2D eigenvalue weighted by Crippen LogP contribution is -2.06. The van der Waals surface area contributed by atoms with Crippen LogP contribution in [-0.4, -0.2) is 23.4 Å². The topological polar surface area (TPSA) is 46.5 Å². The second-order valence-electron chi connectivity index (χ2n) is 3.36. The van der Waals surface area contributed by atoms with Crippen LogP contribution >= 0.6 is 11.8 Å². The van der Waals surface area contributed by atoms with Crippen LogP contribution < -0.4 is 0 Å². The first-order valence-corrected chi connectivity index (χ1v) is 6.14. The molecule has 0 atom stereocenters. The maximum absolute atomic E-state index is 11.2. The lowest BCUT2D eigenvalue weighted by molar-refractivity contribution is -0.139.